The number of hydrogen-bond donors (Lipinski definition) is 1. The predicted octanol–water partition coefficient (Wildman–Crippen LogP) is 0.549. The number of ether oxygens (including phenoxy) is 1. The monoisotopic (exact) mass is 277 g/mol. The number of nitrogens with zero attached hydrogens (tertiary/aromatic N) is 2. The molecular weight excluding hydrogens is 258 g/mol. The average Bonchev–Trinajstić information content (AvgIpc) is 2.49. The zero-order chi connectivity index (χ0) is 14.4. The molecule has 0 aliphatic carbocycles. The van der Waals surface area contributed by atoms with E-state index >= 15 is 0 Å². The van der Waals surface area contributed by atoms with Crippen molar-refractivity contribution in [3.05, 3.63) is 30.3 Å². The highest BCUT2D eigenvalue weighted by atomic mass is 16.6. The van der Waals surface area contributed by atoms with Crippen LogP contribution in [0.25, 0.3) is 0 Å². The first kappa shape index (κ1) is 14.3. The van der Waals surface area contributed by atoms with Crippen LogP contribution in [0.1, 0.15) is 0 Å². The maximum Gasteiger partial charge on any atom is 0.415 e. The van der Waals surface area contributed by atoms with Gasteiger partial charge in [0.2, 0.25) is 5.91 Å². The molecule has 1 heterocycles. The molecule has 0 saturated carbocycles. The van der Waals surface area contributed by atoms with E-state index in [0.717, 1.165) is 13.1 Å². The Labute approximate surface area is 118 Å². The second-order valence-corrected chi connectivity index (χ2v) is 4.67. The van der Waals surface area contributed by atoms with Gasteiger partial charge in [-0.25, -0.2) is 4.79 Å². The molecule has 0 radical (unpaired) electrons. The number of carbonyl (C=O) groups excluding carboxylic acids is 2. The summed E-state index contributed by atoms with van der Waals surface area (Å²) >= 11 is 0. The van der Waals surface area contributed by atoms with Gasteiger partial charge in [0.25, 0.3) is 0 Å². The highest BCUT2D eigenvalue weighted by Gasteiger charge is 2.20. The van der Waals surface area contributed by atoms with Gasteiger partial charge in [0, 0.05) is 33.2 Å². The Hall–Kier alpha value is -2.08. The first-order chi connectivity index (χ1) is 9.66. The highest BCUT2D eigenvalue weighted by Crippen LogP contribution is 2.09. The number of para-hydroxylation sites is 1. The number of nitrogens with one attached hydrogen (secondary N) is 1. The minimum atomic E-state index is -0.528. The molecule has 0 spiro atoms. The largest absolute Gasteiger partial charge is 0.415 e. The third-order valence-electron chi connectivity index (χ3n) is 3.10. The summed E-state index contributed by atoms with van der Waals surface area (Å²) in [4.78, 5) is 26.9. The summed E-state index contributed by atoms with van der Waals surface area (Å²) in [5.41, 5.74) is 0. The van der Waals surface area contributed by atoms with Crippen LogP contribution < -0.4 is 10.1 Å². The Bertz CT molecular complexity index is 458. The van der Waals surface area contributed by atoms with E-state index in [1.165, 1.54) is 4.90 Å². The van der Waals surface area contributed by atoms with Crippen molar-refractivity contribution in [2.24, 2.45) is 0 Å². The Kier molecular flexibility index (Phi) is 4.95. The number of hydrogen-bond acceptors (Lipinski definition) is 4. The fourth-order valence-corrected chi connectivity index (χ4v) is 1.95. The molecule has 0 atom stereocenters. The van der Waals surface area contributed by atoms with Crippen molar-refractivity contribution in [1.29, 1.82) is 0 Å². The van der Waals surface area contributed by atoms with Gasteiger partial charge in [0.1, 0.15) is 12.3 Å². The Morgan fingerprint density at radius 1 is 1.25 bits per heavy atom. The third-order valence-corrected chi connectivity index (χ3v) is 3.10. The van der Waals surface area contributed by atoms with Crippen LogP contribution in [0.4, 0.5) is 4.79 Å². The Morgan fingerprint density at radius 3 is 2.55 bits per heavy atom. The lowest BCUT2D eigenvalue weighted by atomic mass is 10.3. The van der Waals surface area contributed by atoms with Crippen molar-refractivity contribution in [3.8, 4) is 5.75 Å². The number of carbonyl (C=O) groups is 2. The van der Waals surface area contributed by atoms with Crippen LogP contribution in [0.2, 0.25) is 0 Å². The van der Waals surface area contributed by atoms with Gasteiger partial charge in [-0.15, -0.1) is 0 Å². The molecule has 0 aromatic heterocycles. The summed E-state index contributed by atoms with van der Waals surface area (Å²) in [7, 11) is 1.56. The molecule has 6 heteroatoms. The summed E-state index contributed by atoms with van der Waals surface area (Å²) < 4.78 is 5.17. The average molecular weight is 277 g/mol. The van der Waals surface area contributed by atoms with Crippen molar-refractivity contribution < 1.29 is 14.3 Å². The van der Waals surface area contributed by atoms with Gasteiger partial charge in [0.05, 0.1) is 0 Å². The van der Waals surface area contributed by atoms with Gasteiger partial charge in [0.15, 0.2) is 0 Å². The quantitative estimate of drug-likeness (QED) is 0.876. The molecule has 2 amide bonds. The minimum Gasteiger partial charge on any atom is -0.410 e. The van der Waals surface area contributed by atoms with Crippen molar-refractivity contribution in [2.75, 3.05) is 39.8 Å². The van der Waals surface area contributed by atoms with E-state index < -0.39 is 6.09 Å². The molecular formula is C14H19N3O3. The van der Waals surface area contributed by atoms with E-state index in [0.29, 0.717) is 18.8 Å². The van der Waals surface area contributed by atoms with Crippen molar-refractivity contribution in [1.82, 2.24) is 15.1 Å². The zero-order valence-corrected chi connectivity index (χ0v) is 11.5. The van der Waals surface area contributed by atoms with E-state index in [4.69, 9.17) is 4.74 Å². The molecule has 1 aliphatic heterocycles. The predicted molar refractivity (Wildman–Crippen MR) is 74.5 cm³/mol. The van der Waals surface area contributed by atoms with Gasteiger partial charge >= 0.3 is 6.09 Å². The standard InChI is InChI=1S/C14H19N3O3/c1-16(11-13(18)17-9-7-15-8-10-17)14(19)20-12-5-3-2-4-6-12/h2-6,15H,7-11H2,1H3. The van der Waals surface area contributed by atoms with Crippen LogP contribution in [-0.4, -0.2) is 61.6 Å². The van der Waals surface area contributed by atoms with Crippen LogP contribution in [-0.2, 0) is 4.79 Å². The molecule has 1 aromatic carbocycles. The summed E-state index contributed by atoms with van der Waals surface area (Å²) in [6, 6.07) is 8.81. The topological polar surface area (TPSA) is 61.9 Å². The molecule has 1 aromatic rings. The third kappa shape index (κ3) is 3.96. The molecule has 20 heavy (non-hydrogen) atoms. The number of amides is 2. The molecule has 6 nitrogen and oxygen atoms in total. The van der Waals surface area contributed by atoms with Crippen LogP contribution >= 0.6 is 0 Å². The van der Waals surface area contributed by atoms with Crippen molar-refractivity contribution in [3.63, 3.8) is 0 Å². The first-order valence-electron chi connectivity index (χ1n) is 6.63. The SMILES string of the molecule is CN(CC(=O)N1CCNCC1)C(=O)Oc1ccccc1. The lowest BCUT2D eigenvalue weighted by Crippen LogP contribution is -2.50. The summed E-state index contributed by atoms with van der Waals surface area (Å²) in [5.74, 6) is 0.415. The van der Waals surface area contributed by atoms with E-state index in [-0.39, 0.29) is 12.5 Å². The molecule has 108 valence electrons. The van der Waals surface area contributed by atoms with E-state index in [1.54, 1.807) is 36.2 Å². The number of rotatable bonds is 3. The second kappa shape index (κ2) is 6.91. The Morgan fingerprint density at radius 2 is 1.90 bits per heavy atom. The van der Waals surface area contributed by atoms with Gasteiger partial charge in [-0.3, -0.25) is 4.79 Å². The molecule has 0 unspecified atom stereocenters. The van der Waals surface area contributed by atoms with Crippen LogP contribution in [0.5, 0.6) is 5.75 Å². The van der Waals surface area contributed by atoms with E-state index in [2.05, 4.69) is 5.32 Å². The highest BCUT2D eigenvalue weighted by molar-refractivity contribution is 5.82. The summed E-state index contributed by atoms with van der Waals surface area (Å²) in [6.07, 6.45) is -0.528. The Balaban J connectivity index is 1.82. The van der Waals surface area contributed by atoms with Crippen molar-refractivity contribution in [2.45, 2.75) is 0 Å². The van der Waals surface area contributed by atoms with Crippen LogP contribution in [0.15, 0.2) is 30.3 Å². The smallest absolute Gasteiger partial charge is 0.410 e. The number of piperazine rings is 1. The van der Waals surface area contributed by atoms with Crippen LogP contribution in [0.3, 0.4) is 0 Å². The summed E-state index contributed by atoms with van der Waals surface area (Å²) in [5, 5.41) is 3.18. The molecule has 1 aliphatic rings. The fraction of sp³-hybridized carbons (Fsp3) is 0.429. The van der Waals surface area contributed by atoms with Gasteiger partial charge in [-0.1, -0.05) is 18.2 Å². The molecule has 1 fully saturated rings. The van der Waals surface area contributed by atoms with Gasteiger partial charge in [-0.2, -0.15) is 0 Å². The van der Waals surface area contributed by atoms with Gasteiger partial charge < -0.3 is 19.9 Å². The van der Waals surface area contributed by atoms with Gasteiger partial charge in [-0.05, 0) is 12.1 Å². The lowest BCUT2D eigenvalue weighted by molar-refractivity contribution is -0.132. The molecule has 1 saturated heterocycles. The number of benzene rings is 1. The molecule has 0 bridgehead atoms. The second-order valence-electron chi connectivity index (χ2n) is 4.67. The number of likely N-dealkylation sites (N-methyl/N-ethyl adjacent to an activating group) is 1. The van der Waals surface area contributed by atoms with Crippen molar-refractivity contribution >= 4 is 12.0 Å². The minimum absolute atomic E-state index is 0.0334. The molecule has 2 rings (SSSR count). The zero-order valence-electron chi connectivity index (χ0n) is 11.5. The first-order valence-corrected chi connectivity index (χ1v) is 6.63. The fourth-order valence-electron chi connectivity index (χ4n) is 1.95. The lowest BCUT2D eigenvalue weighted by Gasteiger charge is -2.29. The maximum absolute atomic E-state index is 12.0. The normalized spacial score (nSPS) is 14.8. The molecule has 1 N–H and O–H groups in total. The van der Waals surface area contributed by atoms with Crippen LogP contribution in [0, 0.1) is 0 Å². The van der Waals surface area contributed by atoms with E-state index in [1.807, 2.05) is 6.07 Å². The summed E-state index contributed by atoms with van der Waals surface area (Å²) in [6.45, 7) is 2.99. The van der Waals surface area contributed by atoms with E-state index in [9.17, 15) is 9.59 Å². The maximum atomic E-state index is 12.0.